The number of fused-ring (bicyclic) bond motifs is 5. The number of rotatable bonds is 4. The summed E-state index contributed by atoms with van der Waals surface area (Å²) in [6.07, 6.45) is 3.35. The maximum absolute atomic E-state index is 15.9. The van der Waals surface area contributed by atoms with Gasteiger partial charge in [0.15, 0.2) is 0 Å². The molecule has 186 valence electrons. The summed E-state index contributed by atoms with van der Waals surface area (Å²) in [6, 6.07) is 10.7. The van der Waals surface area contributed by atoms with E-state index in [4.69, 9.17) is 9.88 Å². The number of hydrogen-bond acceptors (Lipinski definition) is 5. The number of benzene rings is 2. The van der Waals surface area contributed by atoms with Gasteiger partial charge in [0.2, 0.25) is 10.0 Å². The van der Waals surface area contributed by atoms with Crippen LogP contribution in [0.2, 0.25) is 0 Å². The van der Waals surface area contributed by atoms with Crippen molar-refractivity contribution in [3.05, 3.63) is 71.8 Å². The standard InChI is InChI=1S/C27H30FNO5S/c1-3-27-10-9-26(2)15-19(34-25(31)16-5-4-6-20(12-16)35(29,32)33)14-22(26)24(27)23(28)13-17-11-18(30)7-8-21(17)27/h3-8,11-12,19,22-24,30H,1,9-10,13-15H2,2H3,(H2,29,32,33)/t19-,22?,23-,24?,26-,27-/m1/s1. The third kappa shape index (κ3) is 3.87. The van der Waals surface area contributed by atoms with Crippen LogP contribution in [0.5, 0.6) is 5.75 Å². The number of phenolic OH excluding ortho intramolecular Hbond substituents is 1. The van der Waals surface area contributed by atoms with Crippen LogP contribution >= 0.6 is 0 Å². The molecule has 2 fully saturated rings. The quantitative estimate of drug-likeness (QED) is 0.479. The molecule has 3 aliphatic carbocycles. The van der Waals surface area contributed by atoms with Gasteiger partial charge in [-0.3, -0.25) is 0 Å². The molecule has 0 spiro atoms. The number of carbonyl (C=O) groups is 1. The van der Waals surface area contributed by atoms with Crippen molar-refractivity contribution in [3.63, 3.8) is 0 Å². The van der Waals surface area contributed by atoms with E-state index in [1.807, 2.05) is 12.1 Å². The van der Waals surface area contributed by atoms with Crippen LogP contribution in [0.15, 0.2) is 60.0 Å². The summed E-state index contributed by atoms with van der Waals surface area (Å²) in [4.78, 5) is 12.7. The van der Waals surface area contributed by atoms with E-state index in [1.54, 1.807) is 12.1 Å². The van der Waals surface area contributed by atoms with Crippen molar-refractivity contribution < 1.29 is 27.4 Å². The number of carbonyl (C=O) groups excluding carboxylic acids is 1. The molecule has 2 unspecified atom stereocenters. The first-order valence-corrected chi connectivity index (χ1v) is 13.5. The van der Waals surface area contributed by atoms with Gasteiger partial charge >= 0.3 is 5.97 Å². The van der Waals surface area contributed by atoms with Crippen molar-refractivity contribution >= 4 is 16.0 Å². The van der Waals surface area contributed by atoms with Crippen LogP contribution in [0.25, 0.3) is 0 Å². The summed E-state index contributed by atoms with van der Waals surface area (Å²) in [7, 11) is -3.94. The van der Waals surface area contributed by atoms with Gasteiger partial charge in [-0.2, -0.15) is 0 Å². The Bertz CT molecular complexity index is 1310. The SMILES string of the molecule is C=C[C@]12CC[C@]3(C)C[C@H](OC(=O)c4cccc(S(N)(=O)=O)c4)CC3C1[C@H](F)Cc1cc(O)ccc12. The summed E-state index contributed by atoms with van der Waals surface area (Å²) in [6.45, 7) is 6.27. The Morgan fingerprint density at radius 2 is 2.03 bits per heavy atom. The van der Waals surface area contributed by atoms with Crippen molar-refractivity contribution in [2.45, 2.75) is 61.6 Å². The Morgan fingerprint density at radius 1 is 1.26 bits per heavy atom. The molecule has 2 saturated carbocycles. The number of esters is 1. The Morgan fingerprint density at radius 3 is 2.74 bits per heavy atom. The zero-order valence-electron chi connectivity index (χ0n) is 19.6. The smallest absolute Gasteiger partial charge is 0.338 e. The summed E-state index contributed by atoms with van der Waals surface area (Å²) in [5.41, 5.74) is 1.25. The van der Waals surface area contributed by atoms with Gasteiger partial charge in [-0.25, -0.2) is 22.7 Å². The molecule has 2 aromatic rings. The third-order valence-corrected chi connectivity index (χ3v) is 9.59. The van der Waals surface area contributed by atoms with Crippen LogP contribution in [0, 0.1) is 17.3 Å². The highest BCUT2D eigenvalue weighted by atomic mass is 32.2. The molecular weight excluding hydrogens is 469 g/mol. The van der Waals surface area contributed by atoms with Crippen LogP contribution < -0.4 is 5.14 Å². The molecule has 0 amide bonds. The van der Waals surface area contributed by atoms with E-state index in [1.165, 1.54) is 24.3 Å². The average molecular weight is 500 g/mol. The van der Waals surface area contributed by atoms with Crippen LogP contribution in [0.4, 0.5) is 4.39 Å². The topological polar surface area (TPSA) is 107 Å². The molecule has 0 saturated heterocycles. The van der Waals surface area contributed by atoms with E-state index in [9.17, 15) is 18.3 Å². The van der Waals surface area contributed by atoms with Crippen molar-refractivity contribution in [2.24, 2.45) is 22.4 Å². The number of primary sulfonamides is 1. The van der Waals surface area contributed by atoms with Crippen molar-refractivity contribution in [1.29, 1.82) is 0 Å². The van der Waals surface area contributed by atoms with E-state index in [2.05, 4.69) is 13.5 Å². The zero-order valence-corrected chi connectivity index (χ0v) is 20.4. The van der Waals surface area contributed by atoms with Crippen molar-refractivity contribution in [2.75, 3.05) is 0 Å². The summed E-state index contributed by atoms with van der Waals surface area (Å²) >= 11 is 0. The Labute approximate surface area is 205 Å². The summed E-state index contributed by atoms with van der Waals surface area (Å²) in [5, 5.41) is 15.1. The second-order valence-electron chi connectivity index (χ2n) is 10.6. The van der Waals surface area contributed by atoms with Crippen LogP contribution in [-0.2, 0) is 26.6 Å². The van der Waals surface area contributed by atoms with Gasteiger partial charge in [0.1, 0.15) is 18.0 Å². The number of sulfonamides is 1. The molecule has 5 rings (SSSR count). The third-order valence-electron chi connectivity index (χ3n) is 8.68. The van der Waals surface area contributed by atoms with Crippen LogP contribution in [0.3, 0.4) is 0 Å². The molecule has 6 atom stereocenters. The molecule has 0 aliphatic heterocycles. The second kappa shape index (κ2) is 8.17. The predicted octanol–water partition coefficient (Wildman–Crippen LogP) is 4.41. The minimum Gasteiger partial charge on any atom is -0.508 e. The first kappa shape index (κ1) is 24.0. The molecule has 0 heterocycles. The summed E-state index contributed by atoms with van der Waals surface area (Å²) < 4.78 is 45.0. The number of nitrogens with two attached hydrogens (primary N) is 1. The molecule has 8 heteroatoms. The highest BCUT2D eigenvalue weighted by Crippen LogP contribution is 2.64. The highest BCUT2D eigenvalue weighted by molar-refractivity contribution is 7.89. The lowest BCUT2D eigenvalue weighted by Crippen LogP contribution is -2.54. The fraction of sp³-hybridized carbons (Fsp3) is 0.444. The molecular formula is C27H30FNO5S. The number of phenols is 1. The van der Waals surface area contributed by atoms with Gasteiger partial charge in [0.05, 0.1) is 10.5 Å². The van der Waals surface area contributed by atoms with Gasteiger partial charge < -0.3 is 9.84 Å². The molecule has 3 N–H and O–H groups in total. The van der Waals surface area contributed by atoms with E-state index in [-0.39, 0.29) is 39.9 Å². The predicted molar refractivity (Wildman–Crippen MR) is 129 cm³/mol. The molecule has 0 bridgehead atoms. The van der Waals surface area contributed by atoms with Gasteiger partial charge in [-0.15, -0.1) is 6.58 Å². The molecule has 0 radical (unpaired) electrons. The maximum Gasteiger partial charge on any atom is 0.338 e. The molecule has 6 nitrogen and oxygen atoms in total. The van der Waals surface area contributed by atoms with E-state index in [0.717, 1.165) is 24.0 Å². The molecule has 35 heavy (non-hydrogen) atoms. The molecule has 2 aromatic carbocycles. The lowest BCUT2D eigenvalue weighted by Gasteiger charge is -2.56. The number of aromatic hydroxyl groups is 1. The Kier molecular flexibility index (Phi) is 5.60. The molecule has 0 aromatic heterocycles. The van der Waals surface area contributed by atoms with Crippen molar-refractivity contribution in [1.82, 2.24) is 0 Å². The second-order valence-corrected chi connectivity index (χ2v) is 12.2. The van der Waals surface area contributed by atoms with Gasteiger partial charge in [-0.05, 0) is 78.5 Å². The average Bonchev–Trinajstić information content (AvgIpc) is 3.13. The highest BCUT2D eigenvalue weighted by Gasteiger charge is 2.61. The normalized spacial score (nSPS) is 33.8. The fourth-order valence-corrected chi connectivity index (χ4v) is 7.65. The van der Waals surface area contributed by atoms with E-state index < -0.39 is 33.7 Å². The number of ether oxygens (including phenoxy) is 1. The number of halogens is 1. The lowest BCUT2D eigenvalue weighted by atomic mass is 9.48. The monoisotopic (exact) mass is 499 g/mol. The van der Waals surface area contributed by atoms with Crippen LogP contribution in [0.1, 0.15) is 54.1 Å². The fourth-order valence-electron chi connectivity index (χ4n) is 7.09. The minimum atomic E-state index is -3.94. The number of alkyl halides is 1. The number of hydrogen-bond donors (Lipinski definition) is 2. The Hall–Kier alpha value is -2.71. The van der Waals surface area contributed by atoms with E-state index >= 15 is 4.39 Å². The maximum atomic E-state index is 15.9. The van der Waals surface area contributed by atoms with Gasteiger partial charge in [0, 0.05) is 17.8 Å². The minimum absolute atomic E-state index is 0.0141. The largest absolute Gasteiger partial charge is 0.508 e. The van der Waals surface area contributed by atoms with Gasteiger partial charge in [0.25, 0.3) is 0 Å². The number of allylic oxidation sites excluding steroid dienone is 1. The zero-order chi connectivity index (χ0) is 25.2. The first-order chi connectivity index (χ1) is 16.5. The van der Waals surface area contributed by atoms with Crippen LogP contribution in [-0.4, -0.2) is 31.8 Å². The first-order valence-electron chi connectivity index (χ1n) is 11.9. The van der Waals surface area contributed by atoms with Gasteiger partial charge in [-0.1, -0.05) is 25.1 Å². The van der Waals surface area contributed by atoms with E-state index in [0.29, 0.717) is 12.8 Å². The molecule has 3 aliphatic rings. The summed E-state index contributed by atoms with van der Waals surface area (Å²) in [5.74, 6) is -0.794. The Balaban J connectivity index is 1.42. The lowest BCUT2D eigenvalue weighted by molar-refractivity contribution is -0.0177. The van der Waals surface area contributed by atoms with Crippen molar-refractivity contribution in [3.8, 4) is 5.75 Å².